The molecule has 2 rings (SSSR count). The normalized spacial score (nSPS) is 19.1. The van der Waals surface area contributed by atoms with Crippen LogP contribution in [0.2, 0.25) is 0 Å². The predicted molar refractivity (Wildman–Crippen MR) is 101 cm³/mol. The Morgan fingerprint density at radius 2 is 1.07 bits per heavy atom. The quantitative estimate of drug-likeness (QED) is 0.715. The monoisotopic (exact) mass is 380 g/mol. The summed E-state index contributed by atoms with van der Waals surface area (Å²) in [6.45, 7) is 1.90. The van der Waals surface area contributed by atoms with Gasteiger partial charge in [-0.05, 0) is 38.5 Å². The number of carbonyl (C=O) groups excluding carboxylic acids is 4. The molecule has 152 valence electrons. The molecule has 2 aliphatic heterocycles. The summed E-state index contributed by atoms with van der Waals surface area (Å²) in [5, 5.41) is 5.56. The SMILES string of the molecule is O=C1CCCCCCN1C(=O)NCCCCNC(=O)N1CCCCCC1=O. The first-order valence-electron chi connectivity index (χ1n) is 10.3. The van der Waals surface area contributed by atoms with Crippen molar-refractivity contribution >= 4 is 23.9 Å². The van der Waals surface area contributed by atoms with Crippen molar-refractivity contribution in [1.29, 1.82) is 0 Å². The molecular formula is C19H32N4O4. The van der Waals surface area contributed by atoms with Crippen molar-refractivity contribution in [2.45, 2.75) is 70.6 Å². The average molecular weight is 380 g/mol. The Morgan fingerprint density at radius 3 is 1.56 bits per heavy atom. The van der Waals surface area contributed by atoms with Crippen LogP contribution in [0.1, 0.15) is 70.6 Å². The third kappa shape index (κ3) is 7.19. The lowest BCUT2D eigenvalue weighted by Crippen LogP contribution is -2.45. The Balaban J connectivity index is 1.59. The van der Waals surface area contributed by atoms with Gasteiger partial charge in [-0.15, -0.1) is 0 Å². The highest BCUT2D eigenvalue weighted by molar-refractivity contribution is 5.95. The van der Waals surface area contributed by atoms with Crippen molar-refractivity contribution in [1.82, 2.24) is 20.4 Å². The van der Waals surface area contributed by atoms with E-state index in [2.05, 4.69) is 10.6 Å². The van der Waals surface area contributed by atoms with E-state index in [1.165, 1.54) is 9.80 Å². The summed E-state index contributed by atoms with van der Waals surface area (Å²) in [5.41, 5.74) is 0. The zero-order valence-corrected chi connectivity index (χ0v) is 16.1. The standard InChI is InChI=1S/C19H32N4O4/c24-16-10-4-1-2-8-14-22(16)18(26)20-12-6-7-13-21-19(27)23-15-9-3-5-11-17(23)25/h1-15H2,(H,20,26)(H,21,27). The number of imide groups is 2. The number of urea groups is 2. The van der Waals surface area contributed by atoms with E-state index in [1.807, 2.05) is 0 Å². The van der Waals surface area contributed by atoms with Crippen LogP contribution in [-0.4, -0.2) is 59.9 Å². The predicted octanol–water partition coefficient (Wildman–Crippen LogP) is 2.38. The maximum absolute atomic E-state index is 12.2. The highest BCUT2D eigenvalue weighted by atomic mass is 16.2. The Bertz CT molecular complexity index is 538. The van der Waals surface area contributed by atoms with Gasteiger partial charge in [0.25, 0.3) is 0 Å². The average Bonchev–Trinajstić information content (AvgIpc) is 2.85. The van der Waals surface area contributed by atoms with Gasteiger partial charge in [-0.2, -0.15) is 0 Å². The van der Waals surface area contributed by atoms with E-state index in [-0.39, 0.29) is 23.9 Å². The minimum Gasteiger partial charge on any atom is -0.338 e. The van der Waals surface area contributed by atoms with Crippen LogP contribution in [0.5, 0.6) is 0 Å². The van der Waals surface area contributed by atoms with Crippen LogP contribution in [0.25, 0.3) is 0 Å². The van der Waals surface area contributed by atoms with Crippen molar-refractivity contribution in [2.24, 2.45) is 0 Å². The number of nitrogens with one attached hydrogen (secondary N) is 2. The van der Waals surface area contributed by atoms with E-state index in [9.17, 15) is 19.2 Å². The number of nitrogens with zero attached hydrogens (tertiary/aromatic N) is 2. The fourth-order valence-electron chi connectivity index (χ4n) is 3.40. The minimum atomic E-state index is -0.322. The van der Waals surface area contributed by atoms with Crippen molar-refractivity contribution in [2.75, 3.05) is 26.2 Å². The van der Waals surface area contributed by atoms with Gasteiger partial charge in [0.15, 0.2) is 0 Å². The molecular weight excluding hydrogens is 348 g/mol. The number of hydrogen-bond acceptors (Lipinski definition) is 4. The van der Waals surface area contributed by atoms with Crippen molar-refractivity contribution < 1.29 is 19.2 Å². The lowest BCUT2D eigenvalue weighted by Gasteiger charge is -2.23. The summed E-state index contributed by atoms with van der Waals surface area (Å²) >= 11 is 0. The highest BCUT2D eigenvalue weighted by Gasteiger charge is 2.23. The van der Waals surface area contributed by atoms with Crippen molar-refractivity contribution in [3.05, 3.63) is 0 Å². The molecule has 0 aromatic carbocycles. The molecule has 0 aliphatic carbocycles. The largest absolute Gasteiger partial charge is 0.338 e. The van der Waals surface area contributed by atoms with Gasteiger partial charge in [0.2, 0.25) is 11.8 Å². The molecule has 0 aromatic rings. The molecule has 0 atom stereocenters. The van der Waals surface area contributed by atoms with Gasteiger partial charge in [-0.25, -0.2) is 9.59 Å². The molecule has 0 saturated carbocycles. The van der Waals surface area contributed by atoms with E-state index in [0.29, 0.717) is 51.9 Å². The molecule has 0 spiro atoms. The van der Waals surface area contributed by atoms with Gasteiger partial charge in [0.05, 0.1) is 0 Å². The smallest absolute Gasteiger partial charge is 0.324 e. The highest BCUT2D eigenvalue weighted by Crippen LogP contribution is 2.12. The zero-order chi connectivity index (χ0) is 19.5. The Kier molecular flexibility index (Phi) is 9.07. The molecule has 8 nitrogen and oxygen atoms in total. The fourth-order valence-corrected chi connectivity index (χ4v) is 3.40. The number of hydrogen-bond donors (Lipinski definition) is 2. The summed E-state index contributed by atoms with van der Waals surface area (Å²) in [5.74, 6) is -0.197. The number of rotatable bonds is 5. The number of likely N-dealkylation sites (tertiary alicyclic amines) is 2. The lowest BCUT2D eigenvalue weighted by molar-refractivity contribution is -0.129. The molecule has 6 amide bonds. The first kappa shape index (κ1) is 21.2. The van der Waals surface area contributed by atoms with Crippen LogP contribution in [0, 0.1) is 0 Å². The number of carbonyl (C=O) groups is 4. The molecule has 2 fully saturated rings. The summed E-state index contributed by atoms with van der Waals surface area (Å²) < 4.78 is 0. The van der Waals surface area contributed by atoms with Crippen LogP contribution in [-0.2, 0) is 9.59 Å². The Morgan fingerprint density at radius 1 is 0.667 bits per heavy atom. The summed E-state index contributed by atoms with van der Waals surface area (Å²) in [6.07, 6.45) is 8.78. The van der Waals surface area contributed by atoms with Gasteiger partial charge >= 0.3 is 12.1 Å². The van der Waals surface area contributed by atoms with Gasteiger partial charge in [0, 0.05) is 39.0 Å². The molecule has 0 bridgehead atoms. The molecule has 0 radical (unpaired) electrons. The summed E-state index contributed by atoms with van der Waals surface area (Å²) in [7, 11) is 0. The molecule has 0 aromatic heterocycles. The van der Waals surface area contributed by atoms with E-state index in [4.69, 9.17) is 0 Å². The maximum atomic E-state index is 12.2. The van der Waals surface area contributed by atoms with E-state index < -0.39 is 0 Å². The van der Waals surface area contributed by atoms with Crippen LogP contribution in [0.15, 0.2) is 0 Å². The van der Waals surface area contributed by atoms with Crippen molar-refractivity contribution in [3.63, 3.8) is 0 Å². The molecule has 27 heavy (non-hydrogen) atoms. The van der Waals surface area contributed by atoms with Gasteiger partial charge in [-0.3, -0.25) is 19.4 Å². The van der Waals surface area contributed by atoms with Crippen LogP contribution in [0.3, 0.4) is 0 Å². The molecule has 2 aliphatic rings. The molecule has 8 heteroatoms. The summed E-state index contributed by atoms with van der Waals surface area (Å²) in [4.78, 5) is 50.8. The fraction of sp³-hybridized carbons (Fsp3) is 0.789. The number of amides is 6. The van der Waals surface area contributed by atoms with Crippen LogP contribution < -0.4 is 10.6 Å². The summed E-state index contributed by atoms with van der Waals surface area (Å²) in [6, 6.07) is -0.640. The first-order valence-corrected chi connectivity index (χ1v) is 10.3. The second kappa shape index (κ2) is 11.6. The van der Waals surface area contributed by atoms with Gasteiger partial charge in [0.1, 0.15) is 0 Å². The van der Waals surface area contributed by atoms with E-state index >= 15 is 0 Å². The first-order chi connectivity index (χ1) is 13.1. The molecule has 2 heterocycles. The van der Waals surface area contributed by atoms with E-state index in [0.717, 1.165) is 44.9 Å². The van der Waals surface area contributed by atoms with Crippen LogP contribution >= 0.6 is 0 Å². The molecule has 0 unspecified atom stereocenters. The maximum Gasteiger partial charge on any atom is 0.324 e. The lowest BCUT2D eigenvalue weighted by atomic mass is 10.1. The Hall–Kier alpha value is -2.12. The molecule has 2 N–H and O–H groups in total. The topological polar surface area (TPSA) is 98.8 Å². The number of unbranched alkanes of at least 4 members (excludes halogenated alkanes) is 1. The minimum absolute atomic E-state index is 0.0958. The third-order valence-corrected chi connectivity index (χ3v) is 5.04. The van der Waals surface area contributed by atoms with Crippen LogP contribution in [0.4, 0.5) is 9.59 Å². The zero-order valence-electron chi connectivity index (χ0n) is 16.1. The van der Waals surface area contributed by atoms with Crippen molar-refractivity contribution in [3.8, 4) is 0 Å². The second-order valence-corrected chi connectivity index (χ2v) is 7.24. The molecule has 2 saturated heterocycles. The second-order valence-electron chi connectivity index (χ2n) is 7.24. The van der Waals surface area contributed by atoms with Gasteiger partial charge < -0.3 is 10.6 Å². The van der Waals surface area contributed by atoms with E-state index in [1.54, 1.807) is 0 Å². The Labute approximate surface area is 161 Å². The third-order valence-electron chi connectivity index (χ3n) is 5.04. The van der Waals surface area contributed by atoms with Gasteiger partial charge in [-0.1, -0.05) is 19.3 Å².